The molecule has 0 saturated heterocycles. The highest BCUT2D eigenvalue weighted by Gasteiger charge is 2.19. The molecule has 0 spiro atoms. The normalized spacial score (nSPS) is 16.3. The van der Waals surface area contributed by atoms with Crippen LogP contribution in [0.3, 0.4) is 0 Å². The van der Waals surface area contributed by atoms with Crippen molar-refractivity contribution in [2.24, 2.45) is 0 Å². The molecule has 0 bridgehead atoms. The van der Waals surface area contributed by atoms with Gasteiger partial charge in [0.2, 0.25) is 0 Å². The van der Waals surface area contributed by atoms with E-state index in [4.69, 9.17) is 4.74 Å². The largest absolute Gasteiger partial charge is 0.373 e. The van der Waals surface area contributed by atoms with Gasteiger partial charge >= 0.3 is 0 Å². The molecule has 1 aromatic rings. The summed E-state index contributed by atoms with van der Waals surface area (Å²) in [4.78, 5) is 0. The Morgan fingerprint density at radius 3 is 2.92 bits per heavy atom. The maximum atomic E-state index is 5.44. The Morgan fingerprint density at radius 2 is 2.23 bits per heavy atom. The SMILES string of the molecule is Cc1nn2c(c1C(C)C)COCC2. The summed E-state index contributed by atoms with van der Waals surface area (Å²) in [6, 6.07) is 0. The van der Waals surface area contributed by atoms with E-state index in [2.05, 4.69) is 30.6 Å². The lowest BCUT2D eigenvalue weighted by Crippen LogP contribution is -2.18. The predicted octanol–water partition coefficient (Wildman–Crippen LogP) is 1.85. The van der Waals surface area contributed by atoms with Gasteiger partial charge in [-0.2, -0.15) is 5.10 Å². The van der Waals surface area contributed by atoms with Crippen molar-refractivity contribution < 1.29 is 4.74 Å². The summed E-state index contributed by atoms with van der Waals surface area (Å²) in [5.74, 6) is 0.547. The van der Waals surface area contributed by atoms with Crippen LogP contribution in [0.25, 0.3) is 0 Å². The number of rotatable bonds is 1. The van der Waals surface area contributed by atoms with Crippen LogP contribution in [0.1, 0.15) is 36.7 Å². The Morgan fingerprint density at radius 1 is 1.46 bits per heavy atom. The average Bonchev–Trinajstić information content (AvgIpc) is 2.39. The monoisotopic (exact) mass is 180 g/mol. The summed E-state index contributed by atoms with van der Waals surface area (Å²) >= 11 is 0. The summed E-state index contributed by atoms with van der Waals surface area (Å²) in [6.07, 6.45) is 0. The van der Waals surface area contributed by atoms with E-state index in [-0.39, 0.29) is 0 Å². The summed E-state index contributed by atoms with van der Waals surface area (Å²) < 4.78 is 7.53. The zero-order valence-electron chi connectivity index (χ0n) is 8.50. The molecule has 0 amide bonds. The molecule has 0 fully saturated rings. The lowest BCUT2D eigenvalue weighted by Gasteiger charge is -2.16. The number of aryl methyl sites for hydroxylation is 1. The smallest absolute Gasteiger partial charge is 0.0888 e. The van der Waals surface area contributed by atoms with Gasteiger partial charge in [-0.05, 0) is 12.8 Å². The van der Waals surface area contributed by atoms with Crippen LogP contribution in [0.2, 0.25) is 0 Å². The lowest BCUT2D eigenvalue weighted by atomic mass is 10.0. The van der Waals surface area contributed by atoms with Gasteiger partial charge in [-0.15, -0.1) is 0 Å². The molecule has 0 aliphatic carbocycles. The first kappa shape index (κ1) is 8.75. The van der Waals surface area contributed by atoms with Gasteiger partial charge < -0.3 is 4.74 Å². The van der Waals surface area contributed by atoms with Gasteiger partial charge in [0.05, 0.1) is 31.1 Å². The fraction of sp³-hybridized carbons (Fsp3) is 0.700. The minimum Gasteiger partial charge on any atom is -0.373 e. The molecular weight excluding hydrogens is 164 g/mol. The maximum Gasteiger partial charge on any atom is 0.0888 e. The van der Waals surface area contributed by atoms with Gasteiger partial charge in [0.1, 0.15) is 0 Å². The quantitative estimate of drug-likeness (QED) is 0.659. The zero-order chi connectivity index (χ0) is 9.42. The second kappa shape index (κ2) is 3.14. The van der Waals surface area contributed by atoms with Crippen LogP contribution in [0.4, 0.5) is 0 Å². The second-order valence-electron chi connectivity index (χ2n) is 3.88. The van der Waals surface area contributed by atoms with Gasteiger partial charge in [-0.3, -0.25) is 4.68 Å². The zero-order valence-corrected chi connectivity index (χ0v) is 8.50. The van der Waals surface area contributed by atoms with Crippen LogP contribution in [0, 0.1) is 6.92 Å². The number of ether oxygens (including phenoxy) is 1. The van der Waals surface area contributed by atoms with Crippen LogP contribution < -0.4 is 0 Å². The maximum absolute atomic E-state index is 5.44. The lowest BCUT2D eigenvalue weighted by molar-refractivity contribution is 0.0792. The molecule has 0 aromatic carbocycles. The van der Waals surface area contributed by atoms with E-state index in [0.29, 0.717) is 5.92 Å². The Labute approximate surface area is 78.7 Å². The molecule has 0 saturated carbocycles. The molecule has 72 valence electrons. The number of fused-ring (bicyclic) bond motifs is 1. The highest BCUT2D eigenvalue weighted by Crippen LogP contribution is 2.25. The van der Waals surface area contributed by atoms with Crippen LogP contribution >= 0.6 is 0 Å². The van der Waals surface area contributed by atoms with E-state index < -0.39 is 0 Å². The highest BCUT2D eigenvalue weighted by atomic mass is 16.5. The third kappa shape index (κ3) is 1.37. The van der Waals surface area contributed by atoms with Gasteiger partial charge in [0, 0.05) is 5.56 Å². The van der Waals surface area contributed by atoms with E-state index in [0.717, 1.165) is 25.5 Å². The summed E-state index contributed by atoms with van der Waals surface area (Å²) in [5.41, 5.74) is 3.81. The van der Waals surface area contributed by atoms with E-state index >= 15 is 0 Å². The van der Waals surface area contributed by atoms with Crippen LogP contribution in [-0.2, 0) is 17.9 Å². The topological polar surface area (TPSA) is 27.1 Å². The molecule has 2 rings (SSSR count). The van der Waals surface area contributed by atoms with Gasteiger partial charge in [0.15, 0.2) is 0 Å². The summed E-state index contributed by atoms with van der Waals surface area (Å²) in [6.45, 7) is 8.93. The molecule has 0 unspecified atom stereocenters. The van der Waals surface area contributed by atoms with Crippen molar-refractivity contribution in [1.29, 1.82) is 0 Å². The van der Waals surface area contributed by atoms with Crippen molar-refractivity contribution in [2.45, 2.75) is 39.8 Å². The Bertz CT molecular complexity index is 315. The molecule has 1 aliphatic heterocycles. The molecule has 1 aliphatic rings. The third-order valence-corrected chi connectivity index (χ3v) is 2.55. The standard InChI is InChI=1S/C10H16N2O/c1-7(2)10-8(3)11-12-4-5-13-6-9(10)12/h7H,4-6H2,1-3H3. The van der Waals surface area contributed by atoms with E-state index in [1.54, 1.807) is 0 Å². The van der Waals surface area contributed by atoms with Crippen molar-refractivity contribution >= 4 is 0 Å². The fourth-order valence-corrected chi connectivity index (χ4v) is 2.05. The summed E-state index contributed by atoms with van der Waals surface area (Å²) in [5, 5.41) is 4.51. The van der Waals surface area contributed by atoms with E-state index in [9.17, 15) is 0 Å². The number of nitrogens with zero attached hydrogens (tertiary/aromatic N) is 2. The van der Waals surface area contributed by atoms with Gasteiger partial charge in [0.25, 0.3) is 0 Å². The first-order valence-corrected chi connectivity index (χ1v) is 4.84. The molecule has 0 radical (unpaired) electrons. The van der Waals surface area contributed by atoms with Crippen molar-refractivity contribution in [3.05, 3.63) is 17.0 Å². The Kier molecular flexibility index (Phi) is 2.12. The van der Waals surface area contributed by atoms with E-state index in [1.165, 1.54) is 11.3 Å². The van der Waals surface area contributed by atoms with Crippen LogP contribution in [0.15, 0.2) is 0 Å². The van der Waals surface area contributed by atoms with Crippen molar-refractivity contribution in [1.82, 2.24) is 9.78 Å². The van der Waals surface area contributed by atoms with Crippen molar-refractivity contribution in [3.8, 4) is 0 Å². The molecule has 1 aromatic heterocycles. The number of hydrogen-bond donors (Lipinski definition) is 0. The van der Waals surface area contributed by atoms with Gasteiger partial charge in [-0.1, -0.05) is 13.8 Å². The van der Waals surface area contributed by atoms with Gasteiger partial charge in [-0.25, -0.2) is 0 Å². The minimum atomic E-state index is 0.547. The van der Waals surface area contributed by atoms with E-state index in [1.807, 2.05) is 0 Å². The summed E-state index contributed by atoms with van der Waals surface area (Å²) in [7, 11) is 0. The molecule has 0 atom stereocenters. The number of hydrogen-bond acceptors (Lipinski definition) is 2. The fourth-order valence-electron chi connectivity index (χ4n) is 2.05. The Hall–Kier alpha value is -0.830. The van der Waals surface area contributed by atoms with Crippen molar-refractivity contribution in [3.63, 3.8) is 0 Å². The van der Waals surface area contributed by atoms with Crippen molar-refractivity contribution in [2.75, 3.05) is 6.61 Å². The highest BCUT2D eigenvalue weighted by molar-refractivity contribution is 5.28. The first-order valence-electron chi connectivity index (χ1n) is 4.84. The predicted molar refractivity (Wildman–Crippen MR) is 50.7 cm³/mol. The molecule has 3 nitrogen and oxygen atoms in total. The molecule has 0 N–H and O–H groups in total. The average molecular weight is 180 g/mol. The third-order valence-electron chi connectivity index (χ3n) is 2.55. The molecule has 3 heteroatoms. The first-order chi connectivity index (χ1) is 6.20. The number of aromatic nitrogens is 2. The minimum absolute atomic E-state index is 0.547. The van der Waals surface area contributed by atoms with Crippen LogP contribution in [-0.4, -0.2) is 16.4 Å². The molecule has 13 heavy (non-hydrogen) atoms. The molecule has 2 heterocycles. The second-order valence-corrected chi connectivity index (χ2v) is 3.88. The molecular formula is C10H16N2O. The Balaban J connectivity index is 2.48. The van der Waals surface area contributed by atoms with Crippen LogP contribution in [0.5, 0.6) is 0 Å².